The molecule has 0 atom stereocenters. The number of aromatic nitrogens is 5. The van der Waals surface area contributed by atoms with Crippen LogP contribution in [0.1, 0.15) is 81.7 Å². The Morgan fingerprint density at radius 2 is 0.935 bits per heavy atom. The Balaban J connectivity index is 0.00000205. The lowest BCUT2D eigenvalue weighted by molar-refractivity contribution is 0.0679. The number of carbonyl (C=O) groups excluding carboxylic acids is 2. The molecule has 62 heavy (non-hydrogen) atoms. The second kappa shape index (κ2) is 24.7. The minimum absolute atomic E-state index is 0.0907. The molecule has 0 aliphatic rings. The van der Waals surface area contributed by atoms with E-state index in [9.17, 15) is 29.4 Å². The van der Waals surface area contributed by atoms with E-state index in [1.165, 1.54) is 12.1 Å². The Hall–Kier alpha value is -7.31. The third kappa shape index (κ3) is 15.1. The van der Waals surface area contributed by atoms with Crippen LogP contribution in [-0.4, -0.2) is 100 Å². The fourth-order valence-corrected chi connectivity index (χ4v) is 6.22. The first kappa shape index (κ1) is 47.4. The fourth-order valence-electron chi connectivity index (χ4n) is 6.22. The molecule has 0 amide bonds. The quantitative estimate of drug-likeness (QED) is 0.0523. The molecule has 0 aliphatic carbocycles. The van der Waals surface area contributed by atoms with E-state index in [1.807, 2.05) is 46.2 Å². The zero-order valence-corrected chi connectivity index (χ0v) is 34.2. The normalized spacial score (nSPS) is 10.5. The number of hydrogen-bond donors (Lipinski definition) is 5. The van der Waals surface area contributed by atoms with Gasteiger partial charge in [-0.2, -0.15) is 0 Å². The third-order valence-corrected chi connectivity index (χ3v) is 8.81. The van der Waals surface area contributed by atoms with E-state index >= 15 is 0 Å². The first-order chi connectivity index (χ1) is 30.1. The molecule has 0 spiro atoms. The Labute approximate surface area is 358 Å². The summed E-state index contributed by atoms with van der Waals surface area (Å²) >= 11 is 0. The van der Waals surface area contributed by atoms with Crippen LogP contribution in [0.5, 0.6) is 5.75 Å². The van der Waals surface area contributed by atoms with E-state index in [0.717, 1.165) is 19.8 Å². The van der Waals surface area contributed by atoms with E-state index in [-0.39, 0.29) is 62.0 Å². The van der Waals surface area contributed by atoms with Crippen molar-refractivity contribution in [3.63, 3.8) is 0 Å². The van der Waals surface area contributed by atoms with Gasteiger partial charge in [-0.05, 0) is 66.2 Å². The van der Waals surface area contributed by atoms with Crippen molar-refractivity contribution in [1.82, 2.24) is 34.7 Å². The molecule has 5 heterocycles. The number of ether oxygens (including phenoxy) is 1. The number of aldehydes is 2. The Morgan fingerprint density at radius 3 is 1.34 bits per heavy atom. The molecule has 6 N–H and O–H groups in total. The lowest BCUT2D eigenvalue weighted by Crippen LogP contribution is -2.26. The summed E-state index contributed by atoms with van der Waals surface area (Å²) in [4.78, 5) is 73.3. The van der Waals surface area contributed by atoms with Gasteiger partial charge < -0.3 is 30.9 Å². The van der Waals surface area contributed by atoms with Crippen molar-refractivity contribution in [2.24, 2.45) is 0 Å². The van der Waals surface area contributed by atoms with Crippen molar-refractivity contribution in [3.8, 4) is 5.75 Å². The Morgan fingerprint density at radius 1 is 0.548 bits per heavy atom. The van der Waals surface area contributed by atoms with E-state index in [0.29, 0.717) is 71.2 Å². The molecule has 0 radical (unpaired) electrons. The molecule has 322 valence electrons. The molecular formula is C45H48N8O9. The summed E-state index contributed by atoms with van der Waals surface area (Å²) in [5.41, 5.74) is 11.4. The maximum Gasteiger partial charge on any atom is 0.354 e. The molecule has 0 bridgehead atoms. The molecule has 17 heteroatoms. The zero-order chi connectivity index (χ0) is 44.9. The molecule has 0 unspecified atom stereocenters. The maximum absolute atomic E-state index is 11.8. The molecular weight excluding hydrogens is 797 g/mol. The Kier molecular flexibility index (Phi) is 18.9. The second-order valence-corrected chi connectivity index (χ2v) is 13.4. The molecule has 6 aromatic rings. The van der Waals surface area contributed by atoms with Crippen LogP contribution >= 0.6 is 0 Å². The first-order valence-electron chi connectivity index (χ1n) is 19.1. The smallest absolute Gasteiger partial charge is 0.354 e. The van der Waals surface area contributed by atoms with Gasteiger partial charge in [0, 0.05) is 77.7 Å². The van der Waals surface area contributed by atoms with Gasteiger partial charge in [-0.3, -0.25) is 24.4 Å². The minimum atomic E-state index is -1.15. The zero-order valence-electron chi connectivity index (χ0n) is 34.2. The number of aromatic carboxylic acids is 2. The number of nitrogens with zero attached hydrogens (tertiary/aromatic N) is 7. The summed E-state index contributed by atoms with van der Waals surface area (Å²) in [7, 11) is 2.00. The highest BCUT2D eigenvalue weighted by atomic mass is 16.5. The van der Waals surface area contributed by atoms with Crippen LogP contribution in [0.25, 0.3) is 0 Å². The van der Waals surface area contributed by atoms with E-state index < -0.39 is 11.9 Å². The number of nitrogens with two attached hydrogens (primary N) is 1. The summed E-state index contributed by atoms with van der Waals surface area (Å²) < 4.78 is 6.34. The number of aliphatic hydroxyl groups is 2. The number of benzene rings is 1. The van der Waals surface area contributed by atoms with Gasteiger partial charge in [0.2, 0.25) is 0 Å². The van der Waals surface area contributed by atoms with Gasteiger partial charge in [0.05, 0.1) is 40.8 Å². The van der Waals surface area contributed by atoms with Gasteiger partial charge in [-0.15, -0.1) is 0 Å². The molecule has 6 rings (SSSR count). The summed E-state index contributed by atoms with van der Waals surface area (Å²) in [6, 6.07) is 31.2. The highest BCUT2D eigenvalue weighted by molar-refractivity contribution is 5.85. The predicted octanol–water partition coefficient (Wildman–Crippen LogP) is 4.51. The molecule has 0 saturated carbocycles. The van der Waals surface area contributed by atoms with E-state index in [2.05, 4.69) is 19.9 Å². The summed E-state index contributed by atoms with van der Waals surface area (Å²) in [6.07, 6.45) is 1.96. The van der Waals surface area contributed by atoms with Crippen LogP contribution in [0.15, 0.2) is 109 Å². The number of hydrogen-bond acceptors (Lipinski definition) is 15. The van der Waals surface area contributed by atoms with E-state index in [4.69, 9.17) is 25.7 Å². The maximum atomic E-state index is 11.8. The second-order valence-electron chi connectivity index (χ2n) is 13.4. The summed E-state index contributed by atoms with van der Waals surface area (Å²) in [5, 5.41) is 33.2. The van der Waals surface area contributed by atoms with Crippen LogP contribution in [0.2, 0.25) is 0 Å². The van der Waals surface area contributed by atoms with E-state index in [1.54, 1.807) is 60.7 Å². The molecule has 0 saturated heterocycles. The van der Waals surface area contributed by atoms with Gasteiger partial charge in [-0.25, -0.2) is 29.5 Å². The number of carboxylic acid groups (broad SMARTS) is 2. The minimum Gasteiger partial charge on any atom is -0.493 e. The van der Waals surface area contributed by atoms with Crippen molar-refractivity contribution in [2.75, 3.05) is 26.6 Å². The average Bonchev–Trinajstić information content (AvgIpc) is 3.28. The largest absolute Gasteiger partial charge is 0.493 e. The number of anilines is 1. The van der Waals surface area contributed by atoms with Gasteiger partial charge in [0.25, 0.3) is 0 Å². The molecule has 0 aliphatic heterocycles. The standard InChI is InChI=1S/C43H40N8O7.2CH4O/c44-30-15-13-29(14-16-30)17-18-58-39-19-37(25-50(21-31-5-1-9-35(27-52)45-31)23-33-7-3-11-40(48-33)42(54)55)47-38(20-39)26-51(22-32-6-2-10-36(28-53)46-32)24-34-8-4-12-41(49-34)43(56)57;2*1-2/h1-16,19-20,27-28H,17-18,21-26,44H2,(H,54,55)(H,56,57);2*2H,1H3. The van der Waals surface area contributed by atoms with Gasteiger partial charge in [0.15, 0.2) is 12.6 Å². The fraction of sp³-hybridized carbons (Fsp3) is 0.222. The number of carbonyl (C=O) groups is 4. The average molecular weight is 845 g/mol. The third-order valence-electron chi connectivity index (χ3n) is 8.81. The summed E-state index contributed by atoms with van der Waals surface area (Å²) in [5.74, 6) is -1.74. The molecule has 1 aromatic carbocycles. The first-order valence-corrected chi connectivity index (χ1v) is 19.1. The van der Waals surface area contributed by atoms with Crippen LogP contribution in [0.4, 0.5) is 5.69 Å². The van der Waals surface area contributed by atoms with Crippen molar-refractivity contribution < 1.29 is 44.3 Å². The highest BCUT2D eigenvalue weighted by Crippen LogP contribution is 2.22. The predicted molar refractivity (Wildman–Crippen MR) is 228 cm³/mol. The topological polar surface area (TPSA) is 255 Å². The van der Waals surface area contributed by atoms with Gasteiger partial charge in [-0.1, -0.05) is 36.4 Å². The lowest BCUT2D eigenvalue weighted by Gasteiger charge is -2.24. The number of nitrogen functional groups attached to an aromatic ring is 1. The van der Waals surface area contributed by atoms with Crippen LogP contribution in [0, 0.1) is 0 Å². The molecule has 17 nitrogen and oxygen atoms in total. The van der Waals surface area contributed by atoms with Crippen LogP contribution in [0.3, 0.4) is 0 Å². The van der Waals surface area contributed by atoms with Crippen LogP contribution in [-0.2, 0) is 45.7 Å². The number of carboxylic acids is 2. The van der Waals surface area contributed by atoms with Gasteiger partial charge >= 0.3 is 11.9 Å². The van der Waals surface area contributed by atoms with Crippen molar-refractivity contribution in [2.45, 2.75) is 45.7 Å². The van der Waals surface area contributed by atoms with Crippen molar-refractivity contribution in [1.29, 1.82) is 0 Å². The SMILES string of the molecule is CO.CO.Nc1ccc(CCOc2cc(CN(Cc3cccc(C=O)n3)Cc3cccc(C(=O)O)n3)nc(CN(Cc3cccc(C=O)n3)Cc3cccc(C(=O)O)n3)c2)cc1. The molecule has 5 aromatic heterocycles. The van der Waals surface area contributed by atoms with Gasteiger partial charge in [0.1, 0.15) is 28.5 Å². The lowest BCUT2D eigenvalue weighted by atomic mass is 10.1. The number of rotatable bonds is 20. The van der Waals surface area contributed by atoms with Crippen LogP contribution < -0.4 is 10.5 Å². The van der Waals surface area contributed by atoms with Crippen molar-refractivity contribution >= 4 is 30.2 Å². The highest BCUT2D eigenvalue weighted by Gasteiger charge is 2.18. The Bertz CT molecular complexity index is 2260. The van der Waals surface area contributed by atoms with Crippen molar-refractivity contribution in [3.05, 3.63) is 172 Å². The number of pyridine rings is 5. The molecule has 0 fully saturated rings. The number of aliphatic hydroxyl groups excluding tert-OH is 2. The summed E-state index contributed by atoms with van der Waals surface area (Å²) in [6.45, 7) is 1.85. The monoisotopic (exact) mass is 844 g/mol.